The average molecular weight is 261 g/mol. The summed E-state index contributed by atoms with van der Waals surface area (Å²) in [6, 6.07) is 9.68. The van der Waals surface area contributed by atoms with Crippen LogP contribution in [-0.4, -0.2) is 5.11 Å². The first kappa shape index (κ1) is 13.0. The zero-order chi connectivity index (χ0) is 13.3. The number of aryl methyl sites for hydroxylation is 3. The SMILES string of the molecule is CCc1cc(O)cc(-c2cc(C)c(C)cc2Cl)c1. The summed E-state index contributed by atoms with van der Waals surface area (Å²) in [6.45, 7) is 6.18. The highest BCUT2D eigenvalue weighted by Gasteiger charge is 2.08. The molecule has 0 fully saturated rings. The number of benzene rings is 2. The average Bonchev–Trinajstić information content (AvgIpc) is 2.33. The van der Waals surface area contributed by atoms with Crippen LogP contribution in [0.4, 0.5) is 0 Å². The second-order valence-corrected chi connectivity index (χ2v) is 5.07. The van der Waals surface area contributed by atoms with Crippen LogP contribution in [0, 0.1) is 13.8 Å². The molecule has 0 saturated carbocycles. The molecule has 0 heterocycles. The number of hydrogen-bond donors (Lipinski definition) is 1. The molecule has 0 aromatic heterocycles. The van der Waals surface area contributed by atoms with Crippen LogP contribution >= 0.6 is 11.6 Å². The molecule has 0 saturated heterocycles. The summed E-state index contributed by atoms with van der Waals surface area (Å²) in [5, 5.41) is 10.5. The zero-order valence-corrected chi connectivity index (χ0v) is 11.7. The fraction of sp³-hybridized carbons (Fsp3) is 0.250. The summed E-state index contributed by atoms with van der Waals surface area (Å²) in [6.07, 6.45) is 0.893. The summed E-state index contributed by atoms with van der Waals surface area (Å²) >= 11 is 6.30. The Morgan fingerprint density at radius 3 is 2.33 bits per heavy atom. The maximum atomic E-state index is 9.76. The molecule has 1 N–H and O–H groups in total. The zero-order valence-electron chi connectivity index (χ0n) is 10.9. The van der Waals surface area contributed by atoms with Crippen molar-refractivity contribution in [1.82, 2.24) is 0 Å². The van der Waals surface area contributed by atoms with Gasteiger partial charge < -0.3 is 5.11 Å². The lowest BCUT2D eigenvalue weighted by atomic mass is 9.98. The van der Waals surface area contributed by atoms with Crippen molar-refractivity contribution in [2.24, 2.45) is 0 Å². The Labute approximate surface area is 113 Å². The van der Waals surface area contributed by atoms with Crippen LogP contribution in [0.1, 0.15) is 23.6 Å². The molecule has 0 aliphatic heterocycles. The predicted molar refractivity (Wildman–Crippen MR) is 77.4 cm³/mol. The van der Waals surface area contributed by atoms with Gasteiger partial charge in [0.25, 0.3) is 0 Å². The van der Waals surface area contributed by atoms with Crippen molar-refractivity contribution in [3.05, 3.63) is 52.0 Å². The van der Waals surface area contributed by atoms with Crippen LogP contribution < -0.4 is 0 Å². The maximum absolute atomic E-state index is 9.76. The fourth-order valence-corrected chi connectivity index (χ4v) is 2.36. The molecule has 94 valence electrons. The third kappa shape index (κ3) is 2.51. The van der Waals surface area contributed by atoms with Crippen LogP contribution in [-0.2, 0) is 6.42 Å². The van der Waals surface area contributed by atoms with Gasteiger partial charge in [-0.3, -0.25) is 0 Å². The third-order valence-corrected chi connectivity index (χ3v) is 3.59. The van der Waals surface area contributed by atoms with E-state index in [-0.39, 0.29) is 0 Å². The van der Waals surface area contributed by atoms with E-state index in [2.05, 4.69) is 26.0 Å². The molecule has 0 spiro atoms. The van der Waals surface area contributed by atoms with Gasteiger partial charge in [-0.15, -0.1) is 0 Å². The van der Waals surface area contributed by atoms with Crippen LogP contribution in [0.3, 0.4) is 0 Å². The van der Waals surface area contributed by atoms with Crippen LogP contribution in [0.5, 0.6) is 5.75 Å². The highest BCUT2D eigenvalue weighted by molar-refractivity contribution is 6.33. The number of aromatic hydroxyl groups is 1. The standard InChI is InChI=1S/C16H17ClO/c1-4-12-7-13(9-14(18)8-12)15-5-10(2)11(3)6-16(15)17/h5-9,18H,4H2,1-3H3. The lowest BCUT2D eigenvalue weighted by Gasteiger charge is -2.10. The molecule has 0 bridgehead atoms. The Morgan fingerprint density at radius 1 is 1.00 bits per heavy atom. The summed E-state index contributed by atoms with van der Waals surface area (Å²) < 4.78 is 0. The van der Waals surface area contributed by atoms with Gasteiger partial charge in [-0.25, -0.2) is 0 Å². The number of phenols is 1. The smallest absolute Gasteiger partial charge is 0.116 e. The molecule has 0 radical (unpaired) electrons. The second-order valence-electron chi connectivity index (χ2n) is 4.66. The van der Waals surface area contributed by atoms with Crippen molar-refractivity contribution in [3.63, 3.8) is 0 Å². The lowest BCUT2D eigenvalue weighted by molar-refractivity contribution is 0.475. The van der Waals surface area contributed by atoms with Crippen molar-refractivity contribution in [2.75, 3.05) is 0 Å². The second kappa shape index (κ2) is 5.03. The predicted octanol–water partition coefficient (Wildman–Crippen LogP) is 4.89. The Hall–Kier alpha value is -1.47. The summed E-state index contributed by atoms with van der Waals surface area (Å²) in [7, 11) is 0. The fourth-order valence-electron chi connectivity index (χ4n) is 2.04. The Balaban J connectivity index is 2.61. The molecule has 2 rings (SSSR count). The molecule has 0 amide bonds. The summed E-state index contributed by atoms with van der Waals surface area (Å²) in [5.41, 5.74) is 5.44. The number of phenolic OH excluding ortho intramolecular Hbond substituents is 1. The van der Waals surface area contributed by atoms with E-state index in [1.807, 2.05) is 13.0 Å². The number of hydrogen-bond acceptors (Lipinski definition) is 1. The summed E-state index contributed by atoms with van der Waals surface area (Å²) in [5.74, 6) is 0.290. The molecule has 0 unspecified atom stereocenters. The van der Waals surface area contributed by atoms with Gasteiger partial charge in [0.1, 0.15) is 5.75 Å². The minimum absolute atomic E-state index is 0.290. The number of halogens is 1. The molecule has 2 aromatic rings. The maximum Gasteiger partial charge on any atom is 0.116 e. The highest BCUT2D eigenvalue weighted by Crippen LogP contribution is 2.33. The minimum Gasteiger partial charge on any atom is -0.508 e. The van der Waals surface area contributed by atoms with Gasteiger partial charge in [0.15, 0.2) is 0 Å². The van der Waals surface area contributed by atoms with E-state index in [9.17, 15) is 5.11 Å². The molecule has 2 heteroatoms. The van der Waals surface area contributed by atoms with Crippen LogP contribution in [0.2, 0.25) is 5.02 Å². The van der Waals surface area contributed by atoms with Gasteiger partial charge in [0.05, 0.1) is 0 Å². The largest absolute Gasteiger partial charge is 0.508 e. The normalized spacial score (nSPS) is 10.7. The van der Waals surface area contributed by atoms with Gasteiger partial charge in [0, 0.05) is 10.6 Å². The Bertz CT molecular complexity index is 588. The van der Waals surface area contributed by atoms with E-state index in [1.165, 1.54) is 11.1 Å². The van der Waals surface area contributed by atoms with Crippen molar-refractivity contribution >= 4 is 11.6 Å². The lowest BCUT2D eigenvalue weighted by Crippen LogP contribution is -1.88. The number of rotatable bonds is 2. The minimum atomic E-state index is 0.290. The monoisotopic (exact) mass is 260 g/mol. The molecular weight excluding hydrogens is 244 g/mol. The van der Waals surface area contributed by atoms with Gasteiger partial charge >= 0.3 is 0 Å². The van der Waals surface area contributed by atoms with E-state index in [4.69, 9.17) is 11.6 Å². The third-order valence-electron chi connectivity index (χ3n) is 3.28. The van der Waals surface area contributed by atoms with Gasteiger partial charge in [-0.2, -0.15) is 0 Å². The van der Waals surface area contributed by atoms with Crippen molar-refractivity contribution in [2.45, 2.75) is 27.2 Å². The molecule has 0 atom stereocenters. The van der Waals surface area contributed by atoms with Crippen molar-refractivity contribution in [1.29, 1.82) is 0 Å². The molecule has 0 aliphatic carbocycles. The Morgan fingerprint density at radius 2 is 1.67 bits per heavy atom. The van der Waals surface area contributed by atoms with Crippen LogP contribution in [0.15, 0.2) is 30.3 Å². The summed E-state index contributed by atoms with van der Waals surface area (Å²) in [4.78, 5) is 0. The van der Waals surface area contributed by atoms with Gasteiger partial charge in [-0.05, 0) is 66.8 Å². The molecule has 2 aromatic carbocycles. The van der Waals surface area contributed by atoms with Crippen molar-refractivity contribution in [3.8, 4) is 16.9 Å². The van der Waals surface area contributed by atoms with E-state index >= 15 is 0 Å². The first-order chi connectivity index (χ1) is 8.51. The quantitative estimate of drug-likeness (QED) is 0.815. The molecular formula is C16H17ClO. The first-order valence-corrected chi connectivity index (χ1v) is 6.49. The molecule has 0 aliphatic rings. The van der Waals surface area contributed by atoms with E-state index < -0.39 is 0 Å². The topological polar surface area (TPSA) is 20.2 Å². The Kier molecular flexibility index (Phi) is 3.63. The van der Waals surface area contributed by atoms with Gasteiger partial charge in [-0.1, -0.05) is 24.6 Å². The molecule has 18 heavy (non-hydrogen) atoms. The first-order valence-electron chi connectivity index (χ1n) is 6.11. The van der Waals surface area contributed by atoms with E-state index in [1.54, 1.807) is 12.1 Å². The van der Waals surface area contributed by atoms with Crippen LogP contribution in [0.25, 0.3) is 11.1 Å². The molecule has 1 nitrogen and oxygen atoms in total. The van der Waals surface area contributed by atoms with Crippen molar-refractivity contribution < 1.29 is 5.11 Å². The van der Waals surface area contributed by atoms with Gasteiger partial charge in [0.2, 0.25) is 0 Å². The van der Waals surface area contributed by atoms with E-state index in [0.29, 0.717) is 5.75 Å². The van der Waals surface area contributed by atoms with E-state index in [0.717, 1.165) is 28.1 Å². The highest BCUT2D eigenvalue weighted by atomic mass is 35.5.